The molecular formula is C9H11NO4. The Morgan fingerprint density at radius 2 is 2.36 bits per heavy atom. The molecule has 0 saturated carbocycles. The van der Waals surface area contributed by atoms with Crippen LogP contribution in [-0.2, 0) is 16.1 Å². The second kappa shape index (κ2) is 4.45. The van der Waals surface area contributed by atoms with Crippen LogP contribution in [0.25, 0.3) is 0 Å². The standard InChI is InChI=1S/C9H11NO4/c1-2-14-9(13)6-10-4-3-7(11)5-8(10)12/h3-5,11H,2,6H2,1H3. The van der Waals surface area contributed by atoms with Gasteiger partial charge in [0.25, 0.3) is 5.56 Å². The predicted molar refractivity (Wildman–Crippen MR) is 49.0 cm³/mol. The first-order valence-electron chi connectivity index (χ1n) is 4.18. The summed E-state index contributed by atoms with van der Waals surface area (Å²) in [6, 6.07) is 2.37. The zero-order valence-electron chi connectivity index (χ0n) is 7.77. The van der Waals surface area contributed by atoms with Gasteiger partial charge in [-0.15, -0.1) is 0 Å². The van der Waals surface area contributed by atoms with E-state index in [1.807, 2.05) is 0 Å². The zero-order valence-corrected chi connectivity index (χ0v) is 7.77. The van der Waals surface area contributed by atoms with Gasteiger partial charge in [-0.25, -0.2) is 0 Å². The summed E-state index contributed by atoms with van der Waals surface area (Å²) in [5, 5.41) is 8.95. The lowest BCUT2D eigenvalue weighted by atomic mass is 10.4. The second-order valence-electron chi connectivity index (χ2n) is 2.66. The Balaban J connectivity index is 2.77. The lowest BCUT2D eigenvalue weighted by Gasteiger charge is -2.04. The number of hydrogen-bond donors (Lipinski definition) is 1. The summed E-state index contributed by atoms with van der Waals surface area (Å²) in [5.74, 6) is -0.588. The van der Waals surface area contributed by atoms with E-state index < -0.39 is 11.5 Å². The monoisotopic (exact) mass is 197 g/mol. The first-order valence-corrected chi connectivity index (χ1v) is 4.18. The Hall–Kier alpha value is -1.78. The molecule has 0 fully saturated rings. The molecule has 76 valence electrons. The molecule has 0 radical (unpaired) electrons. The molecule has 0 aliphatic rings. The van der Waals surface area contributed by atoms with Gasteiger partial charge < -0.3 is 14.4 Å². The molecule has 1 aromatic rings. The van der Waals surface area contributed by atoms with Gasteiger partial charge in [0.1, 0.15) is 12.3 Å². The first-order chi connectivity index (χ1) is 6.63. The summed E-state index contributed by atoms with van der Waals surface area (Å²) < 4.78 is 5.83. The summed E-state index contributed by atoms with van der Waals surface area (Å²) >= 11 is 0. The van der Waals surface area contributed by atoms with E-state index in [4.69, 9.17) is 5.11 Å². The van der Waals surface area contributed by atoms with Crippen molar-refractivity contribution in [1.29, 1.82) is 0 Å². The molecule has 14 heavy (non-hydrogen) atoms. The van der Waals surface area contributed by atoms with Crippen molar-refractivity contribution in [3.8, 4) is 5.75 Å². The molecule has 0 aliphatic heterocycles. The van der Waals surface area contributed by atoms with Crippen LogP contribution in [0.15, 0.2) is 23.1 Å². The Morgan fingerprint density at radius 1 is 1.64 bits per heavy atom. The van der Waals surface area contributed by atoms with Crippen LogP contribution in [0.2, 0.25) is 0 Å². The second-order valence-corrected chi connectivity index (χ2v) is 2.66. The predicted octanol–water partition coefficient (Wildman–Crippen LogP) is 0.117. The molecule has 1 rings (SSSR count). The summed E-state index contributed by atoms with van der Waals surface area (Å²) in [6.07, 6.45) is 1.34. The van der Waals surface area contributed by atoms with Crippen LogP contribution >= 0.6 is 0 Å². The average Bonchev–Trinajstić information content (AvgIpc) is 2.10. The highest BCUT2D eigenvalue weighted by atomic mass is 16.5. The maximum Gasteiger partial charge on any atom is 0.326 e. The molecule has 5 nitrogen and oxygen atoms in total. The van der Waals surface area contributed by atoms with Gasteiger partial charge in [-0.3, -0.25) is 9.59 Å². The van der Waals surface area contributed by atoms with Crippen molar-refractivity contribution in [3.05, 3.63) is 28.7 Å². The van der Waals surface area contributed by atoms with Gasteiger partial charge in [0.2, 0.25) is 0 Å². The Kier molecular flexibility index (Phi) is 3.28. The minimum Gasteiger partial charge on any atom is -0.508 e. The van der Waals surface area contributed by atoms with E-state index in [1.165, 1.54) is 12.3 Å². The van der Waals surface area contributed by atoms with E-state index in [1.54, 1.807) is 6.92 Å². The van der Waals surface area contributed by atoms with Crippen LogP contribution in [0.4, 0.5) is 0 Å². The normalized spacial score (nSPS) is 9.79. The maximum atomic E-state index is 11.2. The minimum atomic E-state index is -0.472. The molecule has 0 bridgehead atoms. The molecule has 5 heteroatoms. The van der Waals surface area contributed by atoms with Gasteiger partial charge in [-0.2, -0.15) is 0 Å². The van der Waals surface area contributed by atoms with Crippen LogP contribution in [-0.4, -0.2) is 22.2 Å². The number of carbonyl (C=O) groups excluding carboxylic acids is 1. The minimum absolute atomic E-state index is 0.116. The lowest BCUT2D eigenvalue weighted by molar-refractivity contribution is -0.143. The average molecular weight is 197 g/mol. The number of esters is 1. The molecule has 1 aromatic heterocycles. The van der Waals surface area contributed by atoms with Crippen molar-refractivity contribution < 1.29 is 14.6 Å². The first kappa shape index (κ1) is 10.3. The highest BCUT2D eigenvalue weighted by Crippen LogP contribution is 2.00. The number of aromatic nitrogens is 1. The molecule has 0 saturated heterocycles. The zero-order chi connectivity index (χ0) is 10.6. The van der Waals surface area contributed by atoms with Crippen molar-refractivity contribution >= 4 is 5.97 Å². The van der Waals surface area contributed by atoms with Crippen molar-refractivity contribution in [1.82, 2.24) is 4.57 Å². The molecule has 0 amide bonds. The van der Waals surface area contributed by atoms with Gasteiger partial charge >= 0.3 is 5.97 Å². The fourth-order valence-corrected chi connectivity index (χ4v) is 0.974. The van der Waals surface area contributed by atoms with Gasteiger partial charge in [0.05, 0.1) is 6.61 Å². The highest BCUT2D eigenvalue weighted by molar-refractivity contribution is 5.69. The summed E-state index contributed by atoms with van der Waals surface area (Å²) in [6.45, 7) is 1.84. The van der Waals surface area contributed by atoms with Crippen LogP contribution in [0.5, 0.6) is 5.75 Å². The number of ether oxygens (including phenoxy) is 1. The number of carbonyl (C=O) groups is 1. The van der Waals surface area contributed by atoms with Gasteiger partial charge in [-0.05, 0) is 13.0 Å². The molecular weight excluding hydrogens is 186 g/mol. The highest BCUT2D eigenvalue weighted by Gasteiger charge is 2.04. The quantitative estimate of drug-likeness (QED) is 0.698. The number of pyridine rings is 1. The topological polar surface area (TPSA) is 68.5 Å². The van der Waals surface area contributed by atoms with Crippen LogP contribution in [0.1, 0.15) is 6.92 Å². The van der Waals surface area contributed by atoms with Crippen molar-refractivity contribution in [2.75, 3.05) is 6.61 Å². The molecule has 1 N–H and O–H groups in total. The van der Waals surface area contributed by atoms with E-state index >= 15 is 0 Å². The van der Waals surface area contributed by atoms with E-state index in [9.17, 15) is 9.59 Å². The summed E-state index contributed by atoms with van der Waals surface area (Å²) in [4.78, 5) is 22.2. The van der Waals surface area contributed by atoms with Gasteiger partial charge in [-0.1, -0.05) is 0 Å². The summed E-state index contributed by atoms with van der Waals surface area (Å²) in [5.41, 5.74) is -0.432. The van der Waals surface area contributed by atoms with E-state index in [-0.39, 0.29) is 18.9 Å². The number of aromatic hydroxyl groups is 1. The number of hydrogen-bond acceptors (Lipinski definition) is 4. The van der Waals surface area contributed by atoms with Crippen LogP contribution < -0.4 is 5.56 Å². The Bertz CT molecular complexity index is 383. The van der Waals surface area contributed by atoms with E-state index in [0.717, 1.165) is 10.6 Å². The number of nitrogens with zero attached hydrogens (tertiary/aromatic N) is 1. The smallest absolute Gasteiger partial charge is 0.326 e. The molecule has 0 aromatic carbocycles. The SMILES string of the molecule is CCOC(=O)Cn1ccc(O)cc1=O. The lowest BCUT2D eigenvalue weighted by Crippen LogP contribution is -2.23. The largest absolute Gasteiger partial charge is 0.508 e. The fourth-order valence-electron chi connectivity index (χ4n) is 0.974. The molecule has 0 unspecified atom stereocenters. The van der Waals surface area contributed by atoms with E-state index in [2.05, 4.69) is 4.74 Å². The van der Waals surface area contributed by atoms with Crippen molar-refractivity contribution in [2.24, 2.45) is 0 Å². The Labute approximate surface area is 80.6 Å². The maximum absolute atomic E-state index is 11.2. The molecule has 1 heterocycles. The van der Waals surface area contributed by atoms with Gasteiger partial charge in [0.15, 0.2) is 0 Å². The number of rotatable bonds is 3. The third-order valence-electron chi connectivity index (χ3n) is 1.58. The van der Waals surface area contributed by atoms with Gasteiger partial charge in [0, 0.05) is 12.3 Å². The summed E-state index contributed by atoms with van der Waals surface area (Å²) in [7, 11) is 0. The van der Waals surface area contributed by atoms with E-state index in [0.29, 0.717) is 0 Å². The molecule has 0 spiro atoms. The third-order valence-corrected chi connectivity index (χ3v) is 1.58. The fraction of sp³-hybridized carbons (Fsp3) is 0.333. The Morgan fingerprint density at radius 3 is 2.93 bits per heavy atom. The molecule has 0 aliphatic carbocycles. The van der Waals surface area contributed by atoms with Crippen molar-refractivity contribution in [3.63, 3.8) is 0 Å². The van der Waals surface area contributed by atoms with Crippen LogP contribution in [0.3, 0.4) is 0 Å². The van der Waals surface area contributed by atoms with Crippen LogP contribution in [0, 0.1) is 0 Å². The third kappa shape index (κ3) is 2.62. The van der Waals surface area contributed by atoms with Crippen molar-refractivity contribution in [2.45, 2.75) is 13.5 Å². The molecule has 0 atom stereocenters.